The summed E-state index contributed by atoms with van der Waals surface area (Å²) in [6.07, 6.45) is 3.52. The van der Waals surface area contributed by atoms with Gasteiger partial charge in [0.25, 0.3) is 11.8 Å². The Balaban J connectivity index is 1.26. The van der Waals surface area contributed by atoms with Gasteiger partial charge in [0.2, 0.25) is 10.0 Å². The number of pyridine rings is 1. The number of nitrogens with one attached hydrogen (secondary N) is 2. The molecule has 14 heteroatoms. The third-order valence-corrected chi connectivity index (χ3v) is 13.4. The van der Waals surface area contributed by atoms with E-state index in [1.807, 2.05) is 68.6 Å². The number of thiophene rings is 1. The molecule has 55 heavy (non-hydrogen) atoms. The molecule has 3 unspecified atom stereocenters. The summed E-state index contributed by atoms with van der Waals surface area (Å²) in [4.78, 5) is 42.9. The van der Waals surface area contributed by atoms with Crippen LogP contribution >= 0.6 is 22.7 Å². The van der Waals surface area contributed by atoms with Crippen molar-refractivity contribution in [1.82, 2.24) is 24.6 Å². The second-order valence-corrected chi connectivity index (χ2v) is 17.4. The first-order valence-corrected chi connectivity index (χ1v) is 20.9. The number of rotatable bonds is 14. The van der Waals surface area contributed by atoms with Crippen molar-refractivity contribution >= 4 is 70.8 Å². The fraction of sp³-hybridized carbons (Fsp3) is 0.220. The zero-order valence-corrected chi connectivity index (χ0v) is 32.8. The lowest BCUT2D eigenvalue weighted by Gasteiger charge is -2.31. The van der Waals surface area contributed by atoms with E-state index in [0.29, 0.717) is 26.6 Å². The summed E-state index contributed by atoms with van der Waals surface area (Å²) in [5.74, 6) is -1.49. The maximum Gasteiger partial charge on any atom is 0.251 e. The molecule has 11 nitrogen and oxygen atoms in total. The molecule has 3 atom stereocenters. The molecular weight excluding hydrogens is 753 g/mol. The van der Waals surface area contributed by atoms with Crippen LogP contribution in [0.2, 0.25) is 0 Å². The number of sulfonamides is 1. The molecule has 0 fully saturated rings. The molecule has 4 heterocycles. The van der Waals surface area contributed by atoms with Crippen LogP contribution in [0.1, 0.15) is 52.2 Å². The number of carbonyl (C=O) groups excluding carboxylic acids is 2. The highest BCUT2D eigenvalue weighted by atomic mass is 32.2. The minimum absolute atomic E-state index is 0.0525. The van der Waals surface area contributed by atoms with E-state index in [1.165, 1.54) is 31.9 Å². The average molecular weight is 793 g/mol. The Kier molecular flexibility index (Phi) is 11.2. The molecule has 282 valence electrons. The normalized spacial score (nSPS) is 13.6. The van der Waals surface area contributed by atoms with Crippen molar-refractivity contribution < 1.29 is 23.1 Å². The molecule has 0 aliphatic carbocycles. The van der Waals surface area contributed by atoms with Crippen LogP contribution in [0.5, 0.6) is 0 Å². The van der Waals surface area contributed by atoms with Crippen LogP contribution in [0.4, 0.5) is 5.00 Å². The van der Waals surface area contributed by atoms with Crippen LogP contribution in [0.3, 0.4) is 0 Å². The van der Waals surface area contributed by atoms with Crippen molar-refractivity contribution in [3.63, 3.8) is 0 Å². The molecule has 0 aliphatic heterocycles. The molecule has 0 radical (unpaired) electrons. The lowest BCUT2D eigenvalue weighted by atomic mass is 9.84. The van der Waals surface area contributed by atoms with E-state index in [-0.39, 0.29) is 17.4 Å². The Labute approximate surface area is 327 Å². The van der Waals surface area contributed by atoms with Gasteiger partial charge in [0.05, 0.1) is 38.3 Å². The Morgan fingerprint density at radius 1 is 0.927 bits per heavy atom. The molecule has 0 saturated carbocycles. The summed E-state index contributed by atoms with van der Waals surface area (Å²) in [5.41, 5.74) is 5.03. The minimum atomic E-state index is -4.07. The zero-order valence-electron chi connectivity index (χ0n) is 30.4. The van der Waals surface area contributed by atoms with Gasteiger partial charge in [-0.3, -0.25) is 9.59 Å². The number of H-pyrrole nitrogens is 1. The quantitative estimate of drug-likeness (QED) is 0.105. The molecule has 3 N–H and O–H groups in total. The predicted molar refractivity (Wildman–Crippen MR) is 218 cm³/mol. The maximum atomic E-state index is 14.9. The number of likely N-dealkylation sites (N-methyl/N-ethyl adjacent to an activating group) is 1. The summed E-state index contributed by atoms with van der Waals surface area (Å²) < 4.78 is 30.6. The molecular formula is C41H40N6O5S3. The molecule has 0 spiro atoms. The number of anilines is 1. The summed E-state index contributed by atoms with van der Waals surface area (Å²) in [6, 6.07) is 28.4. The largest absolute Gasteiger partial charge is 0.394 e. The molecule has 4 aromatic heterocycles. The Hall–Kier alpha value is -5.25. The molecule has 2 amide bonds. The van der Waals surface area contributed by atoms with E-state index >= 15 is 0 Å². The molecule has 0 bridgehead atoms. The number of hydrogen-bond donors (Lipinski definition) is 3. The highest BCUT2D eigenvalue weighted by molar-refractivity contribution is 7.89. The maximum absolute atomic E-state index is 14.9. The fourth-order valence-electron chi connectivity index (χ4n) is 6.77. The van der Waals surface area contributed by atoms with E-state index in [1.54, 1.807) is 73.4 Å². The number of carbonyl (C=O) groups is 2. The predicted octanol–water partition coefficient (Wildman–Crippen LogP) is 7.21. The number of aliphatic hydroxyl groups excluding tert-OH is 1. The van der Waals surface area contributed by atoms with Crippen molar-refractivity contribution in [1.29, 1.82) is 0 Å². The zero-order chi connectivity index (χ0) is 38.7. The first kappa shape index (κ1) is 38.0. The minimum Gasteiger partial charge on any atom is -0.394 e. The number of hydrogen-bond acceptors (Lipinski definition) is 9. The van der Waals surface area contributed by atoms with E-state index < -0.39 is 46.4 Å². The highest BCUT2D eigenvalue weighted by Gasteiger charge is 2.38. The Morgan fingerprint density at radius 3 is 2.40 bits per heavy atom. The van der Waals surface area contributed by atoms with E-state index in [0.717, 1.165) is 21.2 Å². The van der Waals surface area contributed by atoms with E-state index in [2.05, 4.69) is 20.3 Å². The lowest BCUT2D eigenvalue weighted by molar-refractivity contribution is -0.120. The van der Waals surface area contributed by atoms with Crippen LogP contribution in [-0.4, -0.2) is 70.8 Å². The van der Waals surface area contributed by atoms with Crippen molar-refractivity contribution in [3.8, 4) is 0 Å². The molecule has 0 saturated heterocycles. The number of nitrogens with zero attached hydrogens (tertiary/aromatic N) is 4. The summed E-state index contributed by atoms with van der Waals surface area (Å²) in [6.45, 7) is 3.52. The number of aliphatic hydroxyl groups is 1. The van der Waals surface area contributed by atoms with Gasteiger partial charge in [-0.1, -0.05) is 62.4 Å². The van der Waals surface area contributed by atoms with Gasteiger partial charge >= 0.3 is 0 Å². The number of aromatic amines is 1. The van der Waals surface area contributed by atoms with Crippen LogP contribution in [0.15, 0.2) is 126 Å². The van der Waals surface area contributed by atoms with Crippen LogP contribution < -0.4 is 10.2 Å². The first-order valence-electron chi connectivity index (χ1n) is 17.7. The van der Waals surface area contributed by atoms with E-state index in [4.69, 9.17) is 0 Å². The lowest BCUT2D eigenvalue weighted by Crippen LogP contribution is -2.51. The number of thiazole rings is 1. The first-order chi connectivity index (χ1) is 26.6. The molecule has 7 rings (SSSR count). The number of fused-ring (bicyclic) bond motifs is 2. The fourth-order valence-corrected chi connectivity index (χ4v) is 10.5. The molecule has 7 aromatic rings. The summed E-state index contributed by atoms with van der Waals surface area (Å²) in [7, 11) is -2.43. The average Bonchev–Trinajstić information content (AvgIpc) is 3.98. The van der Waals surface area contributed by atoms with Crippen LogP contribution in [-0.2, 0) is 14.8 Å². The van der Waals surface area contributed by atoms with Crippen molar-refractivity contribution in [2.24, 2.45) is 5.92 Å². The Bertz CT molecular complexity index is 2530. The summed E-state index contributed by atoms with van der Waals surface area (Å²) >= 11 is 2.57. The topological polar surface area (TPSA) is 149 Å². The van der Waals surface area contributed by atoms with Gasteiger partial charge in [0.1, 0.15) is 11.7 Å². The molecule has 0 aliphatic rings. The molecule has 3 aromatic carbocycles. The Morgan fingerprint density at radius 2 is 1.67 bits per heavy atom. The SMILES string of the molecule is CC(C)CN(C(CO)c1ccc(N(C)C(=O)C(NC(=O)c2ccccc2)C(c2ccccc2)c2c[nH]c3ncccc23)s1)S(=O)(=O)c1ccc2ncsc2c1. The van der Waals surface area contributed by atoms with Gasteiger partial charge in [-0.15, -0.1) is 22.7 Å². The van der Waals surface area contributed by atoms with Gasteiger partial charge in [-0.25, -0.2) is 18.4 Å². The van der Waals surface area contributed by atoms with Gasteiger partial charge in [0.15, 0.2) is 0 Å². The van der Waals surface area contributed by atoms with Gasteiger partial charge in [0, 0.05) is 47.7 Å². The van der Waals surface area contributed by atoms with Crippen LogP contribution in [0.25, 0.3) is 21.3 Å². The second-order valence-electron chi connectivity index (χ2n) is 13.6. The van der Waals surface area contributed by atoms with Crippen molar-refractivity contribution in [2.45, 2.75) is 36.7 Å². The smallest absolute Gasteiger partial charge is 0.251 e. The van der Waals surface area contributed by atoms with Gasteiger partial charge in [-0.05, 0) is 71.6 Å². The van der Waals surface area contributed by atoms with E-state index in [9.17, 15) is 23.1 Å². The van der Waals surface area contributed by atoms with Crippen molar-refractivity contribution in [3.05, 3.63) is 143 Å². The second kappa shape index (κ2) is 16.2. The third-order valence-electron chi connectivity index (χ3n) is 9.48. The summed E-state index contributed by atoms with van der Waals surface area (Å²) in [5, 5.41) is 15.2. The standard InChI is InChI=1S/C41H40N6O5S3/c1-26(2)23-47(55(51,52)29-16-17-32-35(21-29)53-25-44-32)33(24-48)34-18-19-36(54-34)46(3)41(50)38(45-40(49)28-13-8-5-9-14-28)37(27-11-6-4-7-12-27)31-22-43-39-30(31)15-10-20-42-39/h4-22,25-26,33,37-38,48H,23-24H2,1-3H3,(H,42,43)(H,45,49). The van der Waals surface area contributed by atoms with Crippen LogP contribution in [0, 0.1) is 5.92 Å². The number of aromatic nitrogens is 3. The monoisotopic (exact) mass is 792 g/mol. The third kappa shape index (κ3) is 7.82. The van der Waals surface area contributed by atoms with Crippen molar-refractivity contribution in [2.75, 3.05) is 25.1 Å². The highest BCUT2D eigenvalue weighted by Crippen LogP contribution is 2.39. The number of benzene rings is 3. The number of amides is 2. The van der Waals surface area contributed by atoms with Gasteiger partial charge in [-0.2, -0.15) is 4.31 Å². The van der Waals surface area contributed by atoms with Gasteiger partial charge < -0.3 is 20.3 Å².